The summed E-state index contributed by atoms with van der Waals surface area (Å²) in [4.78, 5) is 11.9. The zero-order chi connectivity index (χ0) is 28.1. The van der Waals surface area contributed by atoms with Crippen molar-refractivity contribution in [3.05, 3.63) is 0 Å². The van der Waals surface area contributed by atoms with E-state index in [9.17, 15) is 4.79 Å². The van der Waals surface area contributed by atoms with Crippen molar-refractivity contribution in [1.82, 2.24) is 0 Å². The van der Waals surface area contributed by atoms with Gasteiger partial charge < -0.3 is 9.47 Å². The Morgan fingerprint density at radius 2 is 0.795 bits per heavy atom. The molecular formula is C36H70O3. The summed E-state index contributed by atoms with van der Waals surface area (Å²) in [5.41, 5.74) is 0. The largest absolute Gasteiger partial charge is 0.466 e. The summed E-state index contributed by atoms with van der Waals surface area (Å²) in [5.74, 6) is 0.0182. The van der Waals surface area contributed by atoms with Crippen LogP contribution >= 0.6 is 0 Å². The number of esters is 1. The summed E-state index contributed by atoms with van der Waals surface area (Å²) in [6.45, 7) is 5.19. The fraction of sp³-hybridized carbons (Fsp3) is 0.972. The van der Waals surface area contributed by atoms with Gasteiger partial charge in [0.05, 0.1) is 18.8 Å². The number of hydrogen-bond acceptors (Lipinski definition) is 3. The van der Waals surface area contributed by atoms with Gasteiger partial charge in [-0.1, -0.05) is 174 Å². The molecule has 0 aliphatic carbocycles. The number of hydrogen-bond donors (Lipinski definition) is 0. The van der Waals surface area contributed by atoms with Gasteiger partial charge in [-0.05, 0) is 25.7 Å². The summed E-state index contributed by atoms with van der Waals surface area (Å²) in [6, 6.07) is 0. The Labute approximate surface area is 245 Å². The number of ether oxygens (including phenoxy) is 2. The molecule has 1 heterocycles. The van der Waals surface area contributed by atoms with Crippen molar-refractivity contribution < 1.29 is 14.3 Å². The van der Waals surface area contributed by atoms with Gasteiger partial charge in [0.15, 0.2) is 0 Å². The Kier molecular flexibility index (Phi) is 27.1. The fourth-order valence-electron chi connectivity index (χ4n) is 5.87. The van der Waals surface area contributed by atoms with Gasteiger partial charge in [0.25, 0.3) is 0 Å². The van der Waals surface area contributed by atoms with Crippen LogP contribution in [0.5, 0.6) is 0 Å². The van der Waals surface area contributed by atoms with E-state index in [0.29, 0.717) is 25.2 Å². The molecule has 3 nitrogen and oxygen atoms in total. The van der Waals surface area contributed by atoms with Crippen LogP contribution in [0.1, 0.15) is 206 Å². The lowest BCUT2D eigenvalue weighted by Gasteiger charge is -2.05. The maximum atomic E-state index is 11.9. The second-order valence-corrected chi connectivity index (χ2v) is 12.6. The van der Waals surface area contributed by atoms with Crippen LogP contribution in [0, 0.1) is 0 Å². The Hall–Kier alpha value is -0.570. The van der Waals surface area contributed by atoms with Crippen molar-refractivity contribution in [3.8, 4) is 0 Å². The van der Waals surface area contributed by atoms with Crippen LogP contribution in [-0.4, -0.2) is 24.8 Å². The van der Waals surface area contributed by atoms with Crippen molar-refractivity contribution in [2.75, 3.05) is 6.61 Å². The average molecular weight is 551 g/mol. The molecule has 0 radical (unpaired) electrons. The van der Waals surface area contributed by atoms with Gasteiger partial charge in [-0.2, -0.15) is 0 Å². The third kappa shape index (κ3) is 26.1. The van der Waals surface area contributed by atoms with Gasteiger partial charge in [-0.15, -0.1) is 0 Å². The highest BCUT2D eigenvalue weighted by Crippen LogP contribution is 2.31. The topological polar surface area (TPSA) is 38.8 Å². The first-order chi connectivity index (χ1) is 19.3. The second kappa shape index (κ2) is 28.9. The predicted octanol–water partition coefficient (Wildman–Crippen LogP) is 12.0. The zero-order valence-corrected chi connectivity index (χ0v) is 26.8. The fourth-order valence-corrected chi connectivity index (χ4v) is 5.87. The molecule has 0 aromatic carbocycles. The molecule has 0 N–H and O–H groups in total. The van der Waals surface area contributed by atoms with E-state index in [1.807, 2.05) is 0 Å². The molecule has 1 aliphatic heterocycles. The molecule has 2 unspecified atom stereocenters. The van der Waals surface area contributed by atoms with E-state index in [4.69, 9.17) is 9.47 Å². The minimum absolute atomic E-state index is 0.0182. The molecule has 232 valence electrons. The molecule has 1 aliphatic rings. The molecule has 39 heavy (non-hydrogen) atoms. The van der Waals surface area contributed by atoms with Gasteiger partial charge in [-0.3, -0.25) is 4.79 Å². The zero-order valence-electron chi connectivity index (χ0n) is 26.8. The maximum Gasteiger partial charge on any atom is 0.305 e. The Morgan fingerprint density at radius 1 is 0.462 bits per heavy atom. The number of unbranched alkanes of at least 4 members (excludes halogenated alkanes) is 24. The van der Waals surface area contributed by atoms with Crippen LogP contribution in [-0.2, 0) is 14.3 Å². The summed E-state index contributed by atoms with van der Waals surface area (Å²) >= 11 is 0. The first-order valence-corrected chi connectivity index (χ1v) is 18.1. The van der Waals surface area contributed by atoms with Crippen LogP contribution in [0.4, 0.5) is 0 Å². The molecule has 1 saturated heterocycles. The van der Waals surface area contributed by atoms with E-state index in [-0.39, 0.29) is 5.97 Å². The molecule has 1 fully saturated rings. The van der Waals surface area contributed by atoms with E-state index in [1.165, 1.54) is 173 Å². The van der Waals surface area contributed by atoms with Crippen molar-refractivity contribution >= 4 is 5.97 Å². The molecule has 0 aromatic heterocycles. The van der Waals surface area contributed by atoms with Crippen molar-refractivity contribution in [2.24, 2.45) is 0 Å². The minimum atomic E-state index is 0.0182. The smallest absolute Gasteiger partial charge is 0.305 e. The third-order valence-corrected chi connectivity index (χ3v) is 8.66. The SMILES string of the molecule is CCCCCCCCCCCCCCCCCC(=O)OCCCCCCCCC1OC1CCCCCCCC. The van der Waals surface area contributed by atoms with Crippen LogP contribution < -0.4 is 0 Å². The second-order valence-electron chi connectivity index (χ2n) is 12.6. The van der Waals surface area contributed by atoms with Crippen molar-refractivity contribution in [2.45, 2.75) is 219 Å². The van der Waals surface area contributed by atoms with Crippen LogP contribution in [0.15, 0.2) is 0 Å². The summed E-state index contributed by atoms with van der Waals surface area (Å²) in [5, 5.41) is 0. The molecule has 0 spiro atoms. The van der Waals surface area contributed by atoms with Crippen molar-refractivity contribution in [3.63, 3.8) is 0 Å². The van der Waals surface area contributed by atoms with Crippen LogP contribution in [0.3, 0.4) is 0 Å². The number of epoxide rings is 1. The van der Waals surface area contributed by atoms with Crippen molar-refractivity contribution in [1.29, 1.82) is 0 Å². The lowest BCUT2D eigenvalue weighted by molar-refractivity contribution is -0.143. The van der Waals surface area contributed by atoms with Gasteiger partial charge in [0, 0.05) is 6.42 Å². The average Bonchev–Trinajstić information content (AvgIpc) is 3.69. The third-order valence-electron chi connectivity index (χ3n) is 8.66. The monoisotopic (exact) mass is 551 g/mol. The van der Waals surface area contributed by atoms with E-state index < -0.39 is 0 Å². The first kappa shape index (κ1) is 36.5. The molecule has 0 aromatic rings. The number of rotatable bonds is 32. The predicted molar refractivity (Wildman–Crippen MR) is 169 cm³/mol. The van der Waals surface area contributed by atoms with Crippen LogP contribution in [0.25, 0.3) is 0 Å². The molecule has 2 atom stereocenters. The highest BCUT2D eigenvalue weighted by atomic mass is 16.6. The molecule has 0 saturated carbocycles. The van der Waals surface area contributed by atoms with Gasteiger partial charge in [0.2, 0.25) is 0 Å². The lowest BCUT2D eigenvalue weighted by Crippen LogP contribution is -2.05. The molecular weight excluding hydrogens is 480 g/mol. The Bertz CT molecular complexity index is 506. The number of carbonyl (C=O) groups excluding carboxylic acids is 1. The molecule has 3 heteroatoms. The lowest BCUT2D eigenvalue weighted by atomic mass is 10.0. The molecule has 1 rings (SSSR count). The Morgan fingerprint density at radius 3 is 1.21 bits per heavy atom. The normalized spacial score (nSPS) is 16.6. The first-order valence-electron chi connectivity index (χ1n) is 18.1. The Balaban J connectivity index is 1.70. The van der Waals surface area contributed by atoms with Crippen LogP contribution in [0.2, 0.25) is 0 Å². The molecule has 0 bridgehead atoms. The maximum absolute atomic E-state index is 11.9. The van der Waals surface area contributed by atoms with Gasteiger partial charge in [-0.25, -0.2) is 0 Å². The standard InChI is InChI=1S/C36H70O3/c1-3-5-7-9-11-12-13-14-15-16-17-18-19-24-28-32-36(37)38-33-29-25-21-20-23-27-31-35-34(39-35)30-26-22-10-8-6-4-2/h34-35H,3-33H2,1-2H3. The van der Waals surface area contributed by atoms with Gasteiger partial charge in [0.1, 0.15) is 0 Å². The highest BCUT2D eigenvalue weighted by molar-refractivity contribution is 5.69. The summed E-state index contributed by atoms with van der Waals surface area (Å²) in [6.07, 6.45) is 40.4. The van der Waals surface area contributed by atoms with Gasteiger partial charge >= 0.3 is 5.97 Å². The summed E-state index contributed by atoms with van der Waals surface area (Å²) < 4.78 is 11.3. The van der Waals surface area contributed by atoms with E-state index in [0.717, 1.165) is 12.8 Å². The summed E-state index contributed by atoms with van der Waals surface area (Å²) in [7, 11) is 0. The highest BCUT2D eigenvalue weighted by Gasteiger charge is 2.36. The number of carbonyl (C=O) groups is 1. The van der Waals surface area contributed by atoms with E-state index >= 15 is 0 Å². The van der Waals surface area contributed by atoms with E-state index in [2.05, 4.69) is 13.8 Å². The quantitative estimate of drug-likeness (QED) is 0.0475. The minimum Gasteiger partial charge on any atom is -0.466 e. The molecule has 0 amide bonds. The van der Waals surface area contributed by atoms with E-state index in [1.54, 1.807) is 0 Å².